The quantitative estimate of drug-likeness (QED) is 0.418. The van der Waals surface area contributed by atoms with Crippen LogP contribution in [0, 0.1) is 0 Å². The van der Waals surface area contributed by atoms with Crippen molar-refractivity contribution in [3.63, 3.8) is 0 Å². The lowest BCUT2D eigenvalue weighted by Crippen LogP contribution is -2.01. The van der Waals surface area contributed by atoms with Gasteiger partial charge < -0.3 is 13.9 Å². The van der Waals surface area contributed by atoms with E-state index in [2.05, 4.69) is 0 Å². The smallest absolute Gasteiger partial charge is 0.213 e. The number of rotatable bonds is 3. The topological polar surface area (TPSA) is 52.0 Å². The van der Waals surface area contributed by atoms with E-state index >= 15 is 0 Å². The van der Waals surface area contributed by atoms with Gasteiger partial charge in [-0.15, -0.1) is 0 Å². The third-order valence-corrected chi connectivity index (χ3v) is 3.37. The highest BCUT2D eigenvalue weighted by atomic mass is 16.6. The van der Waals surface area contributed by atoms with E-state index < -0.39 is 0 Å². The minimum atomic E-state index is -0.0577. The molecular formula is C16H12O4. The highest BCUT2D eigenvalue weighted by Crippen LogP contribution is 2.56. The second kappa shape index (κ2) is 4.00. The molecule has 0 radical (unpaired) electrons. The predicted molar refractivity (Wildman–Crippen MR) is 75.9 cm³/mol. The van der Waals surface area contributed by atoms with E-state index in [-0.39, 0.29) is 5.43 Å². The second-order valence-electron chi connectivity index (χ2n) is 4.78. The highest BCUT2D eigenvalue weighted by molar-refractivity contribution is 5.99. The van der Waals surface area contributed by atoms with Gasteiger partial charge in [-0.1, -0.05) is 19.1 Å². The zero-order chi connectivity index (χ0) is 13.7. The molecule has 0 unspecified atom stereocenters. The molecule has 0 N–H and O–H groups in total. The first-order chi connectivity index (χ1) is 9.79. The van der Waals surface area contributed by atoms with E-state index in [0.717, 1.165) is 6.42 Å². The fourth-order valence-corrected chi connectivity index (χ4v) is 2.38. The van der Waals surface area contributed by atoms with Gasteiger partial charge in [0.2, 0.25) is 11.2 Å². The van der Waals surface area contributed by atoms with Gasteiger partial charge in [-0.25, -0.2) is 0 Å². The van der Waals surface area contributed by atoms with Gasteiger partial charge in [0, 0.05) is 6.07 Å². The van der Waals surface area contributed by atoms with Gasteiger partial charge in [0.25, 0.3) is 0 Å². The summed E-state index contributed by atoms with van der Waals surface area (Å²) in [5.74, 6) is 1.90. The van der Waals surface area contributed by atoms with Crippen LogP contribution in [0.5, 0.6) is 17.2 Å². The van der Waals surface area contributed by atoms with Crippen LogP contribution in [0.3, 0.4) is 0 Å². The molecule has 2 heterocycles. The molecule has 0 bridgehead atoms. The monoisotopic (exact) mass is 268 g/mol. The van der Waals surface area contributed by atoms with Crippen LogP contribution in [-0.4, -0.2) is 6.61 Å². The average molecular weight is 268 g/mol. The standard InChI is InChI=1S/C16H12O4/c1-2-7-18-12-8-11-13(16-15(12)20-16)14(17)9-5-3-4-6-10(9)19-11/h3-6,8H,2,7H2,1H3. The number of para-hydroxylation sites is 1. The summed E-state index contributed by atoms with van der Waals surface area (Å²) in [7, 11) is 0. The molecule has 1 aliphatic rings. The van der Waals surface area contributed by atoms with Crippen molar-refractivity contribution in [1.29, 1.82) is 0 Å². The van der Waals surface area contributed by atoms with E-state index in [1.54, 1.807) is 18.2 Å². The summed E-state index contributed by atoms with van der Waals surface area (Å²) >= 11 is 0. The maximum atomic E-state index is 12.5. The number of hydrogen-bond donors (Lipinski definition) is 0. The van der Waals surface area contributed by atoms with Gasteiger partial charge in [0.1, 0.15) is 16.6 Å². The lowest BCUT2D eigenvalue weighted by Gasteiger charge is -2.03. The number of fused-ring (bicyclic) bond motifs is 4. The van der Waals surface area contributed by atoms with Gasteiger partial charge in [-0.3, -0.25) is 4.79 Å². The number of benzene rings is 2. The maximum Gasteiger partial charge on any atom is 0.213 e. The Bertz CT molecular complexity index is 892. The molecule has 0 atom stereocenters. The minimum absolute atomic E-state index is 0.0577. The fourth-order valence-electron chi connectivity index (χ4n) is 2.38. The number of hydrogen-bond acceptors (Lipinski definition) is 4. The Hall–Kier alpha value is -2.49. The van der Waals surface area contributed by atoms with Crippen LogP contribution < -0.4 is 14.9 Å². The Morgan fingerprint density at radius 1 is 1.15 bits per heavy atom. The first-order valence-corrected chi connectivity index (χ1v) is 6.63. The van der Waals surface area contributed by atoms with Crippen molar-refractivity contribution in [2.45, 2.75) is 13.3 Å². The molecule has 20 heavy (non-hydrogen) atoms. The molecule has 0 fully saturated rings. The van der Waals surface area contributed by atoms with Crippen molar-refractivity contribution in [1.82, 2.24) is 0 Å². The summed E-state index contributed by atoms with van der Waals surface area (Å²) in [6.07, 6.45) is 0.911. The molecule has 1 aliphatic heterocycles. The summed E-state index contributed by atoms with van der Waals surface area (Å²) < 4.78 is 16.8. The molecule has 0 spiro atoms. The molecule has 4 rings (SSSR count). The molecule has 0 aliphatic carbocycles. The first kappa shape index (κ1) is 11.3. The highest BCUT2D eigenvalue weighted by Gasteiger charge is 2.32. The van der Waals surface area contributed by atoms with Gasteiger partial charge >= 0.3 is 0 Å². The Labute approximate surface area is 114 Å². The molecule has 4 nitrogen and oxygen atoms in total. The lowest BCUT2D eigenvalue weighted by molar-refractivity contribution is 0.314. The third kappa shape index (κ3) is 1.51. The summed E-state index contributed by atoms with van der Waals surface area (Å²) in [5.41, 5.74) is 1.03. The Kier molecular flexibility index (Phi) is 2.27. The first-order valence-electron chi connectivity index (χ1n) is 6.63. The van der Waals surface area contributed by atoms with Crippen LogP contribution in [0.15, 0.2) is 39.5 Å². The van der Waals surface area contributed by atoms with Crippen LogP contribution in [0.4, 0.5) is 0 Å². The Balaban J connectivity index is 2.03. The number of ether oxygens (including phenoxy) is 2. The fraction of sp³-hybridized carbons (Fsp3) is 0.188. The Morgan fingerprint density at radius 2 is 2.00 bits per heavy atom. The van der Waals surface area contributed by atoms with E-state index in [9.17, 15) is 4.79 Å². The van der Waals surface area contributed by atoms with Gasteiger partial charge in [-0.2, -0.15) is 0 Å². The van der Waals surface area contributed by atoms with Gasteiger partial charge in [0.05, 0.1) is 12.0 Å². The Morgan fingerprint density at radius 3 is 2.85 bits per heavy atom. The van der Waals surface area contributed by atoms with Crippen LogP contribution in [0.2, 0.25) is 0 Å². The molecule has 2 aromatic carbocycles. The van der Waals surface area contributed by atoms with Crippen molar-refractivity contribution in [3.8, 4) is 17.2 Å². The summed E-state index contributed by atoms with van der Waals surface area (Å²) in [6.45, 7) is 2.65. The van der Waals surface area contributed by atoms with Crippen molar-refractivity contribution in [2.24, 2.45) is 0 Å². The minimum Gasteiger partial charge on any atom is -0.489 e. The van der Waals surface area contributed by atoms with Crippen LogP contribution in [0.25, 0.3) is 21.9 Å². The lowest BCUT2D eigenvalue weighted by atomic mass is 10.1. The van der Waals surface area contributed by atoms with Crippen molar-refractivity contribution in [2.75, 3.05) is 6.61 Å². The molecule has 4 heteroatoms. The largest absolute Gasteiger partial charge is 0.489 e. The molecule has 0 saturated heterocycles. The van der Waals surface area contributed by atoms with E-state index in [0.29, 0.717) is 45.8 Å². The normalized spacial score (nSPS) is 12.2. The maximum absolute atomic E-state index is 12.5. The van der Waals surface area contributed by atoms with E-state index in [1.807, 2.05) is 19.1 Å². The summed E-state index contributed by atoms with van der Waals surface area (Å²) in [5, 5.41) is 1.07. The van der Waals surface area contributed by atoms with Gasteiger partial charge in [0.15, 0.2) is 11.5 Å². The van der Waals surface area contributed by atoms with Crippen LogP contribution >= 0.6 is 0 Å². The van der Waals surface area contributed by atoms with E-state index in [1.165, 1.54) is 0 Å². The molecule has 100 valence electrons. The van der Waals surface area contributed by atoms with E-state index in [4.69, 9.17) is 13.9 Å². The summed E-state index contributed by atoms with van der Waals surface area (Å²) in [4.78, 5) is 12.5. The third-order valence-electron chi connectivity index (χ3n) is 3.37. The predicted octanol–water partition coefficient (Wildman–Crippen LogP) is 3.84. The SMILES string of the molecule is CCCOc1cc2oc3ccccc3c(=O)c2c2c1O2. The van der Waals surface area contributed by atoms with Crippen LogP contribution in [-0.2, 0) is 0 Å². The van der Waals surface area contributed by atoms with Crippen molar-refractivity contribution >= 4 is 21.9 Å². The zero-order valence-electron chi connectivity index (χ0n) is 10.9. The second-order valence-corrected chi connectivity index (χ2v) is 4.78. The zero-order valence-corrected chi connectivity index (χ0v) is 10.9. The molecular weight excluding hydrogens is 256 g/mol. The average Bonchev–Trinajstić information content (AvgIpc) is 3.25. The molecule has 0 amide bonds. The van der Waals surface area contributed by atoms with Crippen LogP contribution in [0.1, 0.15) is 13.3 Å². The van der Waals surface area contributed by atoms with Crippen molar-refractivity contribution in [3.05, 3.63) is 40.6 Å². The molecule has 0 saturated carbocycles. The molecule has 1 aromatic heterocycles. The van der Waals surface area contributed by atoms with Crippen molar-refractivity contribution < 1.29 is 13.9 Å². The molecule has 3 aromatic rings. The van der Waals surface area contributed by atoms with Gasteiger partial charge in [-0.05, 0) is 18.6 Å². The summed E-state index contributed by atoms with van der Waals surface area (Å²) in [6, 6.07) is 8.96.